The fourth-order valence-electron chi connectivity index (χ4n) is 4.68. The van der Waals surface area contributed by atoms with E-state index in [0.29, 0.717) is 11.5 Å². The van der Waals surface area contributed by atoms with E-state index in [1.807, 2.05) is 33.9 Å². The Hall–Kier alpha value is -3.17. The van der Waals surface area contributed by atoms with E-state index in [-0.39, 0.29) is 29.7 Å². The van der Waals surface area contributed by atoms with E-state index in [4.69, 9.17) is 0 Å². The summed E-state index contributed by atoms with van der Waals surface area (Å²) in [6, 6.07) is 14.4. The summed E-state index contributed by atoms with van der Waals surface area (Å²) in [5, 5.41) is 0.390. The van der Waals surface area contributed by atoms with E-state index in [1.165, 1.54) is 0 Å². The second-order valence-electron chi connectivity index (χ2n) is 9.49. The van der Waals surface area contributed by atoms with Crippen molar-refractivity contribution in [1.82, 2.24) is 14.4 Å². The third-order valence-corrected chi connectivity index (χ3v) is 8.27. The van der Waals surface area contributed by atoms with Crippen LogP contribution >= 0.6 is 27.7 Å². The summed E-state index contributed by atoms with van der Waals surface area (Å²) < 4.78 is 2.77. The lowest BCUT2D eigenvalue weighted by molar-refractivity contribution is -0.133. The zero-order chi connectivity index (χ0) is 26.1. The van der Waals surface area contributed by atoms with Crippen LogP contribution in [0.5, 0.6) is 0 Å². The molecule has 2 fully saturated rings. The van der Waals surface area contributed by atoms with Gasteiger partial charge in [0.05, 0.1) is 11.4 Å². The molecule has 0 saturated carbocycles. The van der Waals surface area contributed by atoms with Gasteiger partial charge in [-0.25, -0.2) is 0 Å². The first-order valence-electron chi connectivity index (χ1n) is 12.2. The fourth-order valence-corrected chi connectivity index (χ4v) is 5.87. The lowest BCUT2D eigenvalue weighted by Crippen LogP contribution is -2.39. The highest BCUT2D eigenvalue weighted by Gasteiger charge is 2.36. The number of thioether (sulfide) groups is 1. The van der Waals surface area contributed by atoms with Crippen molar-refractivity contribution in [3.63, 3.8) is 0 Å². The molecule has 2 aliphatic heterocycles. The minimum atomic E-state index is -0.492. The molecule has 3 amide bonds. The topological polar surface area (TPSA) is 79.7 Å². The smallest absolute Gasteiger partial charge is 0.293 e. The maximum absolute atomic E-state index is 13.1. The van der Waals surface area contributed by atoms with Gasteiger partial charge in [0.1, 0.15) is 6.54 Å². The predicted octanol–water partition coefficient (Wildman–Crippen LogP) is 5.58. The van der Waals surface area contributed by atoms with E-state index < -0.39 is 11.1 Å². The van der Waals surface area contributed by atoms with Crippen LogP contribution in [0.25, 0.3) is 17.0 Å². The molecule has 5 rings (SSSR count). The number of hydrogen-bond acceptors (Lipinski definition) is 5. The molecule has 3 heterocycles. The summed E-state index contributed by atoms with van der Waals surface area (Å²) in [7, 11) is 0. The van der Waals surface area contributed by atoms with Crippen molar-refractivity contribution in [2.45, 2.75) is 26.3 Å². The van der Waals surface area contributed by atoms with Gasteiger partial charge in [0, 0.05) is 45.8 Å². The van der Waals surface area contributed by atoms with Gasteiger partial charge in [-0.3, -0.25) is 24.1 Å². The molecule has 0 unspecified atom stereocenters. The Morgan fingerprint density at radius 2 is 1.78 bits per heavy atom. The van der Waals surface area contributed by atoms with Gasteiger partial charge in [0.2, 0.25) is 5.91 Å². The highest BCUT2D eigenvalue weighted by Crippen LogP contribution is 2.35. The third-order valence-electron chi connectivity index (χ3n) is 6.87. The number of ketones is 1. The number of hydrogen-bond donors (Lipinski definition) is 0. The summed E-state index contributed by atoms with van der Waals surface area (Å²) in [6.07, 6.45) is 5.55. The van der Waals surface area contributed by atoms with Crippen molar-refractivity contribution in [3.8, 4) is 0 Å². The Morgan fingerprint density at radius 3 is 2.51 bits per heavy atom. The second-order valence-corrected chi connectivity index (χ2v) is 11.4. The molecular formula is C28H26BrN3O4S. The van der Waals surface area contributed by atoms with Gasteiger partial charge in [0.25, 0.3) is 11.1 Å². The number of Topliss-reactive ketones (excluding diaryl/α,β-unsaturated/α-hetero) is 1. The standard InChI is InChI=1S/C28H26BrN3O4S/c1-18-9-11-30(12-10-18)26(34)17-31-15-20(22-14-21(29)7-8-23(22)31)13-25-27(35)32(28(36)37-25)16-24(33)19-5-3-2-4-6-19/h2-8,13-15,18H,9-12,16-17H2,1H3/b25-13-. The van der Waals surface area contributed by atoms with Crippen LogP contribution in [0.4, 0.5) is 4.79 Å². The number of halogens is 1. The van der Waals surface area contributed by atoms with Crippen molar-refractivity contribution >= 4 is 67.5 Å². The Labute approximate surface area is 227 Å². The number of piperidine rings is 1. The van der Waals surface area contributed by atoms with Crippen molar-refractivity contribution in [1.29, 1.82) is 0 Å². The molecule has 2 aliphatic rings. The molecule has 3 aromatic rings. The van der Waals surface area contributed by atoms with Gasteiger partial charge >= 0.3 is 0 Å². The third kappa shape index (κ3) is 5.43. The fraction of sp³-hybridized carbons (Fsp3) is 0.286. The quantitative estimate of drug-likeness (QED) is 0.281. The Morgan fingerprint density at radius 1 is 1.05 bits per heavy atom. The van der Waals surface area contributed by atoms with Crippen LogP contribution in [0, 0.1) is 5.92 Å². The second kappa shape index (κ2) is 10.7. The Kier molecular flexibility index (Phi) is 7.35. The number of aromatic nitrogens is 1. The van der Waals surface area contributed by atoms with Crippen LogP contribution in [0.3, 0.4) is 0 Å². The van der Waals surface area contributed by atoms with Crippen LogP contribution in [-0.2, 0) is 16.1 Å². The summed E-state index contributed by atoms with van der Waals surface area (Å²) in [4.78, 5) is 54.5. The first kappa shape index (κ1) is 25.5. The van der Waals surface area contributed by atoms with Gasteiger partial charge in [-0.2, -0.15) is 0 Å². The molecule has 0 spiro atoms. The molecule has 190 valence electrons. The molecule has 37 heavy (non-hydrogen) atoms. The van der Waals surface area contributed by atoms with E-state index >= 15 is 0 Å². The summed E-state index contributed by atoms with van der Waals surface area (Å²) in [5.74, 6) is -0.0826. The molecule has 0 atom stereocenters. The van der Waals surface area contributed by atoms with Gasteiger partial charge in [-0.15, -0.1) is 0 Å². The van der Waals surface area contributed by atoms with Crippen molar-refractivity contribution in [2.75, 3.05) is 19.6 Å². The first-order valence-corrected chi connectivity index (χ1v) is 13.8. The normalized spacial score (nSPS) is 17.8. The number of rotatable bonds is 6. The molecule has 0 bridgehead atoms. The Bertz CT molecular complexity index is 1420. The number of benzene rings is 2. The summed E-state index contributed by atoms with van der Waals surface area (Å²) >= 11 is 4.33. The molecule has 9 heteroatoms. The largest absolute Gasteiger partial charge is 0.341 e. The minimum Gasteiger partial charge on any atom is -0.341 e. The summed E-state index contributed by atoms with van der Waals surface area (Å²) in [6.45, 7) is 3.65. The lowest BCUT2D eigenvalue weighted by atomic mass is 9.99. The minimum absolute atomic E-state index is 0.0676. The Balaban J connectivity index is 1.40. The highest BCUT2D eigenvalue weighted by molar-refractivity contribution is 9.10. The van der Waals surface area contributed by atoms with Crippen LogP contribution in [-0.4, -0.2) is 56.8 Å². The van der Waals surface area contributed by atoms with Crippen LogP contribution in [0.15, 0.2) is 64.1 Å². The van der Waals surface area contributed by atoms with E-state index in [1.54, 1.807) is 36.4 Å². The number of fused-ring (bicyclic) bond motifs is 1. The lowest BCUT2D eigenvalue weighted by Gasteiger charge is -2.30. The SMILES string of the molecule is CC1CCN(C(=O)Cn2cc(/C=C3\SC(=O)N(CC(=O)c4ccccc4)C3=O)c3cc(Br)ccc32)CC1. The molecule has 0 N–H and O–H groups in total. The molecule has 2 saturated heterocycles. The van der Waals surface area contributed by atoms with Gasteiger partial charge < -0.3 is 9.47 Å². The number of likely N-dealkylation sites (tertiary alicyclic amines) is 1. The molecular weight excluding hydrogens is 554 g/mol. The number of amides is 3. The van der Waals surface area contributed by atoms with E-state index in [9.17, 15) is 19.2 Å². The first-order chi connectivity index (χ1) is 17.8. The molecule has 0 radical (unpaired) electrons. The van der Waals surface area contributed by atoms with E-state index in [0.717, 1.165) is 63.5 Å². The van der Waals surface area contributed by atoms with E-state index in [2.05, 4.69) is 22.9 Å². The molecule has 7 nitrogen and oxygen atoms in total. The number of carbonyl (C=O) groups excluding carboxylic acids is 4. The molecule has 2 aromatic carbocycles. The maximum Gasteiger partial charge on any atom is 0.293 e. The molecule has 1 aromatic heterocycles. The molecule has 0 aliphatic carbocycles. The predicted molar refractivity (Wildman–Crippen MR) is 148 cm³/mol. The number of imide groups is 1. The van der Waals surface area contributed by atoms with Crippen molar-refractivity contribution in [2.24, 2.45) is 5.92 Å². The average Bonchev–Trinajstić information content (AvgIpc) is 3.35. The maximum atomic E-state index is 13.1. The van der Waals surface area contributed by atoms with Gasteiger partial charge in [0.15, 0.2) is 5.78 Å². The highest BCUT2D eigenvalue weighted by atomic mass is 79.9. The van der Waals surface area contributed by atoms with Crippen molar-refractivity contribution in [3.05, 3.63) is 75.2 Å². The number of carbonyl (C=O) groups is 4. The van der Waals surface area contributed by atoms with Crippen LogP contribution in [0.2, 0.25) is 0 Å². The van der Waals surface area contributed by atoms with Crippen molar-refractivity contribution < 1.29 is 19.2 Å². The average molecular weight is 581 g/mol. The monoisotopic (exact) mass is 579 g/mol. The number of nitrogens with zero attached hydrogens (tertiary/aromatic N) is 3. The summed E-state index contributed by atoms with van der Waals surface area (Å²) in [5.41, 5.74) is 2.05. The zero-order valence-electron chi connectivity index (χ0n) is 20.4. The van der Waals surface area contributed by atoms with Gasteiger partial charge in [-0.05, 0) is 54.8 Å². The van der Waals surface area contributed by atoms with Gasteiger partial charge in [-0.1, -0.05) is 53.2 Å². The van der Waals surface area contributed by atoms with Crippen LogP contribution < -0.4 is 0 Å². The van der Waals surface area contributed by atoms with Crippen LogP contribution in [0.1, 0.15) is 35.7 Å². The zero-order valence-corrected chi connectivity index (χ0v) is 22.8.